The number of aromatic nitrogens is 7. The quantitative estimate of drug-likeness (QED) is 0.316. The van der Waals surface area contributed by atoms with Crippen molar-refractivity contribution in [1.29, 1.82) is 0 Å². The van der Waals surface area contributed by atoms with Crippen molar-refractivity contribution in [3.8, 4) is 33.9 Å². The van der Waals surface area contributed by atoms with Gasteiger partial charge >= 0.3 is 0 Å². The van der Waals surface area contributed by atoms with E-state index in [-0.39, 0.29) is 11.7 Å². The van der Waals surface area contributed by atoms with Crippen molar-refractivity contribution in [3.05, 3.63) is 73.2 Å². The van der Waals surface area contributed by atoms with Crippen LogP contribution in [0.4, 0.5) is 10.1 Å². The highest BCUT2D eigenvalue weighted by Gasteiger charge is 2.17. The van der Waals surface area contributed by atoms with E-state index in [9.17, 15) is 9.18 Å². The van der Waals surface area contributed by atoms with Gasteiger partial charge in [-0.15, -0.1) is 0 Å². The van der Waals surface area contributed by atoms with Crippen LogP contribution in [0.15, 0.2) is 67.4 Å². The van der Waals surface area contributed by atoms with E-state index in [1.54, 1.807) is 44.0 Å². The number of fused-ring (bicyclic) bond motifs is 2. The van der Waals surface area contributed by atoms with Crippen LogP contribution in [0.5, 0.6) is 0 Å². The minimum absolute atomic E-state index is 0.0912. The number of halogens is 1. The van der Waals surface area contributed by atoms with Gasteiger partial charge < -0.3 is 10.3 Å². The number of hydrogen-bond donors (Lipinski definition) is 3. The first-order valence-electron chi connectivity index (χ1n) is 11.3. The Bertz CT molecular complexity index is 1760. The Morgan fingerprint density at radius 3 is 2.75 bits per heavy atom. The molecule has 6 rings (SSSR count). The highest BCUT2D eigenvalue weighted by molar-refractivity contribution is 5.97. The maximum absolute atomic E-state index is 13.8. The van der Waals surface area contributed by atoms with Crippen molar-refractivity contribution in [1.82, 2.24) is 35.1 Å². The topological polar surface area (TPSA) is 125 Å². The Kier molecular flexibility index (Phi) is 5.18. The van der Waals surface area contributed by atoms with Crippen LogP contribution < -0.4 is 5.32 Å². The molecule has 0 aliphatic heterocycles. The molecule has 0 spiro atoms. The lowest BCUT2D eigenvalue weighted by molar-refractivity contribution is -0.115. The maximum Gasteiger partial charge on any atom is 0.224 e. The number of hydrogen-bond acceptors (Lipinski definition) is 6. The molecule has 1 aromatic carbocycles. The number of aromatic amines is 2. The van der Waals surface area contributed by atoms with Gasteiger partial charge in [-0.3, -0.25) is 24.8 Å². The van der Waals surface area contributed by atoms with E-state index in [0.29, 0.717) is 51.5 Å². The summed E-state index contributed by atoms with van der Waals surface area (Å²) in [5, 5.41) is 11.1. The number of benzene rings is 1. The van der Waals surface area contributed by atoms with Gasteiger partial charge in [-0.25, -0.2) is 9.37 Å². The number of H-pyrrole nitrogens is 2. The van der Waals surface area contributed by atoms with Crippen molar-refractivity contribution in [3.63, 3.8) is 0 Å². The van der Waals surface area contributed by atoms with Crippen LogP contribution in [0.25, 0.3) is 55.8 Å². The largest absolute Gasteiger partial charge is 0.335 e. The molecule has 36 heavy (non-hydrogen) atoms. The number of carbonyl (C=O) groups is 1. The average Bonchev–Trinajstić information content (AvgIpc) is 3.52. The van der Waals surface area contributed by atoms with E-state index in [1.165, 1.54) is 12.1 Å². The molecule has 9 nitrogen and oxygen atoms in total. The molecular weight excluding hydrogens is 459 g/mol. The second kappa shape index (κ2) is 8.66. The summed E-state index contributed by atoms with van der Waals surface area (Å²) in [7, 11) is 0. The summed E-state index contributed by atoms with van der Waals surface area (Å²) in [5.74, 6) is 0.124. The molecule has 0 aliphatic carbocycles. The van der Waals surface area contributed by atoms with E-state index < -0.39 is 0 Å². The minimum atomic E-state index is -0.327. The van der Waals surface area contributed by atoms with Gasteiger partial charge in [-0.1, -0.05) is 19.1 Å². The van der Waals surface area contributed by atoms with E-state index in [0.717, 1.165) is 16.5 Å². The Hall–Kier alpha value is -4.99. The van der Waals surface area contributed by atoms with Gasteiger partial charge in [0.1, 0.15) is 11.5 Å². The number of pyridine rings is 3. The Balaban J connectivity index is 1.43. The number of carbonyl (C=O) groups excluding carboxylic acids is 1. The Labute approximate surface area is 203 Å². The Morgan fingerprint density at radius 1 is 1.00 bits per heavy atom. The average molecular weight is 478 g/mol. The SMILES string of the molecule is CCC(=O)Nc1cncc(-c2cc3c(-c4nc5c(-c6cccc(F)c6)cncc5[nH]4)n[nH]c3cn2)c1. The normalized spacial score (nSPS) is 11.3. The van der Waals surface area contributed by atoms with Crippen LogP contribution in [0.3, 0.4) is 0 Å². The molecule has 176 valence electrons. The molecule has 0 unspecified atom stereocenters. The third-order valence-corrected chi connectivity index (χ3v) is 5.84. The Morgan fingerprint density at radius 2 is 1.89 bits per heavy atom. The van der Waals surface area contributed by atoms with Gasteiger partial charge in [-0.05, 0) is 29.8 Å². The van der Waals surface area contributed by atoms with E-state index in [1.807, 2.05) is 18.2 Å². The van der Waals surface area contributed by atoms with Crippen LogP contribution in [-0.4, -0.2) is 41.0 Å². The van der Waals surface area contributed by atoms with Gasteiger partial charge in [0.15, 0.2) is 5.82 Å². The van der Waals surface area contributed by atoms with Gasteiger partial charge in [-0.2, -0.15) is 5.10 Å². The number of rotatable bonds is 5. The lowest BCUT2D eigenvalue weighted by Crippen LogP contribution is -2.09. The second-order valence-corrected chi connectivity index (χ2v) is 8.23. The van der Waals surface area contributed by atoms with Crippen LogP contribution >= 0.6 is 0 Å². The standard InChI is InChI=1S/C26H19FN8O/c1-2-23(36)31-17-7-15(9-28-10-17)20-8-18-21(13-30-20)34-35-25(18)26-32-22-12-29-11-19(24(22)33-26)14-4-3-5-16(27)6-14/h3-13H,2H2,1H3,(H,31,36)(H,32,33)(H,34,35). The zero-order valence-corrected chi connectivity index (χ0v) is 19.1. The molecule has 0 atom stereocenters. The minimum Gasteiger partial charge on any atom is -0.335 e. The van der Waals surface area contributed by atoms with E-state index >= 15 is 0 Å². The fourth-order valence-electron chi connectivity index (χ4n) is 4.07. The highest BCUT2D eigenvalue weighted by Crippen LogP contribution is 2.32. The molecule has 0 bridgehead atoms. The van der Waals surface area contributed by atoms with Crippen molar-refractivity contribution in [2.24, 2.45) is 0 Å². The lowest BCUT2D eigenvalue weighted by Gasteiger charge is -2.06. The lowest BCUT2D eigenvalue weighted by atomic mass is 10.1. The predicted octanol–water partition coefficient (Wildman–Crippen LogP) is 5.11. The van der Waals surface area contributed by atoms with Gasteiger partial charge in [0.05, 0.1) is 46.5 Å². The van der Waals surface area contributed by atoms with Gasteiger partial charge in [0, 0.05) is 35.3 Å². The van der Waals surface area contributed by atoms with E-state index in [2.05, 4.69) is 35.5 Å². The molecule has 1 amide bonds. The second-order valence-electron chi connectivity index (χ2n) is 8.23. The summed E-state index contributed by atoms with van der Waals surface area (Å²) in [6.45, 7) is 1.79. The number of nitrogens with one attached hydrogen (secondary N) is 3. The molecule has 3 N–H and O–H groups in total. The van der Waals surface area contributed by atoms with Gasteiger partial charge in [0.2, 0.25) is 5.91 Å². The molecule has 6 aromatic rings. The summed E-state index contributed by atoms with van der Waals surface area (Å²) >= 11 is 0. The molecule has 5 aromatic heterocycles. The first-order chi connectivity index (χ1) is 17.6. The monoisotopic (exact) mass is 478 g/mol. The molecule has 0 saturated carbocycles. The van der Waals surface area contributed by atoms with Gasteiger partial charge in [0.25, 0.3) is 0 Å². The van der Waals surface area contributed by atoms with Crippen LogP contribution in [-0.2, 0) is 4.79 Å². The molecular formula is C26H19FN8O. The smallest absolute Gasteiger partial charge is 0.224 e. The zero-order chi connectivity index (χ0) is 24.6. The summed E-state index contributed by atoms with van der Waals surface area (Å²) in [5.41, 5.74) is 6.15. The summed E-state index contributed by atoms with van der Waals surface area (Å²) < 4.78 is 13.8. The third kappa shape index (κ3) is 3.84. The maximum atomic E-state index is 13.8. The number of nitrogens with zero attached hydrogens (tertiary/aromatic N) is 5. The molecule has 10 heteroatoms. The highest BCUT2D eigenvalue weighted by atomic mass is 19.1. The van der Waals surface area contributed by atoms with Crippen LogP contribution in [0.1, 0.15) is 13.3 Å². The van der Waals surface area contributed by atoms with Crippen molar-refractivity contribution >= 4 is 33.5 Å². The fraction of sp³-hybridized carbons (Fsp3) is 0.0769. The summed E-state index contributed by atoms with van der Waals surface area (Å²) in [6.07, 6.45) is 8.70. The molecule has 0 radical (unpaired) electrons. The number of imidazole rings is 1. The van der Waals surface area contributed by atoms with E-state index in [4.69, 9.17) is 4.98 Å². The zero-order valence-electron chi connectivity index (χ0n) is 19.1. The predicted molar refractivity (Wildman–Crippen MR) is 134 cm³/mol. The fourth-order valence-corrected chi connectivity index (χ4v) is 4.07. The summed E-state index contributed by atoms with van der Waals surface area (Å²) in [4.78, 5) is 32.9. The molecule has 0 aliphatic rings. The van der Waals surface area contributed by atoms with Crippen molar-refractivity contribution < 1.29 is 9.18 Å². The van der Waals surface area contributed by atoms with Crippen LogP contribution in [0, 0.1) is 5.82 Å². The van der Waals surface area contributed by atoms with Crippen molar-refractivity contribution in [2.45, 2.75) is 13.3 Å². The first kappa shape index (κ1) is 21.5. The van der Waals surface area contributed by atoms with Crippen molar-refractivity contribution in [2.75, 3.05) is 5.32 Å². The first-order valence-corrected chi connectivity index (χ1v) is 11.3. The number of anilines is 1. The van der Waals surface area contributed by atoms with Crippen LogP contribution in [0.2, 0.25) is 0 Å². The molecule has 0 fully saturated rings. The molecule has 5 heterocycles. The summed E-state index contributed by atoms with van der Waals surface area (Å²) in [6, 6.07) is 10.1. The number of amides is 1. The molecule has 0 saturated heterocycles. The third-order valence-electron chi connectivity index (χ3n) is 5.84.